The first-order valence-electron chi connectivity index (χ1n) is 8.66. The zero-order chi connectivity index (χ0) is 17.9. The molecule has 2 aromatic carbocycles. The maximum atomic E-state index is 12.3. The molecule has 26 heavy (non-hydrogen) atoms. The first kappa shape index (κ1) is 16.3. The number of H-pyrrole nitrogens is 1. The molecule has 0 spiro atoms. The number of ether oxygens (including phenoxy) is 1. The van der Waals surface area contributed by atoms with Gasteiger partial charge in [0.25, 0.3) is 5.56 Å². The minimum absolute atomic E-state index is 0.0416. The molecule has 1 aliphatic heterocycles. The predicted octanol–water partition coefficient (Wildman–Crippen LogP) is 2.15. The molecule has 1 N–H and O–H groups in total. The van der Waals surface area contributed by atoms with Gasteiger partial charge in [0.05, 0.1) is 24.0 Å². The number of para-hydroxylation sites is 2. The molecule has 6 heteroatoms. The largest absolute Gasteiger partial charge is 0.487 e. The fraction of sp³-hybridized carbons (Fsp3) is 0.250. The number of rotatable bonds is 5. The first-order chi connectivity index (χ1) is 12.7. The van der Waals surface area contributed by atoms with Gasteiger partial charge in [-0.15, -0.1) is 0 Å². The van der Waals surface area contributed by atoms with Crippen LogP contribution in [0.1, 0.15) is 12.2 Å². The highest BCUT2D eigenvalue weighted by atomic mass is 16.5. The van der Waals surface area contributed by atoms with Gasteiger partial charge in [-0.1, -0.05) is 30.3 Å². The Morgan fingerprint density at radius 2 is 1.85 bits per heavy atom. The van der Waals surface area contributed by atoms with Crippen LogP contribution in [-0.2, 0) is 11.2 Å². The smallest absolute Gasteiger partial charge is 0.258 e. The van der Waals surface area contributed by atoms with E-state index in [1.807, 2.05) is 36.4 Å². The van der Waals surface area contributed by atoms with Crippen LogP contribution >= 0.6 is 0 Å². The maximum Gasteiger partial charge on any atom is 0.258 e. The molecular weight excluding hydrogens is 330 g/mol. The summed E-state index contributed by atoms with van der Waals surface area (Å²) >= 11 is 0. The molecule has 4 rings (SSSR count). The van der Waals surface area contributed by atoms with E-state index in [9.17, 15) is 9.59 Å². The van der Waals surface area contributed by atoms with Gasteiger partial charge >= 0.3 is 0 Å². The summed E-state index contributed by atoms with van der Waals surface area (Å²) in [4.78, 5) is 33.3. The third kappa shape index (κ3) is 3.44. The summed E-state index contributed by atoms with van der Waals surface area (Å²) in [5, 5.41) is 0.561. The lowest BCUT2D eigenvalue weighted by Gasteiger charge is -2.39. The number of carbonyl (C=O) groups is 1. The highest BCUT2D eigenvalue weighted by molar-refractivity contribution is 5.78. The topological polar surface area (TPSA) is 75.3 Å². The number of hydrogen-bond donors (Lipinski definition) is 1. The lowest BCUT2D eigenvalue weighted by atomic mass is 10.1. The third-order valence-corrected chi connectivity index (χ3v) is 4.48. The van der Waals surface area contributed by atoms with Gasteiger partial charge in [0.2, 0.25) is 5.91 Å². The van der Waals surface area contributed by atoms with E-state index in [0.29, 0.717) is 42.7 Å². The third-order valence-electron chi connectivity index (χ3n) is 4.48. The van der Waals surface area contributed by atoms with Crippen LogP contribution in [0, 0.1) is 0 Å². The lowest BCUT2D eigenvalue weighted by molar-refractivity contribution is -0.139. The summed E-state index contributed by atoms with van der Waals surface area (Å²) in [6.07, 6.45) is 0.777. The van der Waals surface area contributed by atoms with Gasteiger partial charge in [0, 0.05) is 12.8 Å². The summed E-state index contributed by atoms with van der Waals surface area (Å²) in [6, 6.07) is 16.8. The number of aromatic nitrogens is 2. The summed E-state index contributed by atoms with van der Waals surface area (Å²) in [6.45, 7) is 1.19. The SMILES string of the molecule is O=C(CCc1nc2ccccc2c(=O)[nH]1)N1CC(Oc2ccccc2)C1. The molecular formula is C20H19N3O3. The van der Waals surface area contributed by atoms with E-state index in [0.717, 1.165) is 5.75 Å². The molecule has 1 fully saturated rings. The van der Waals surface area contributed by atoms with Crippen LogP contribution in [0.15, 0.2) is 59.4 Å². The van der Waals surface area contributed by atoms with Gasteiger partial charge in [0.1, 0.15) is 17.7 Å². The van der Waals surface area contributed by atoms with E-state index in [1.54, 1.807) is 23.1 Å². The number of carbonyl (C=O) groups excluding carboxylic acids is 1. The molecule has 1 saturated heterocycles. The minimum atomic E-state index is -0.168. The van der Waals surface area contributed by atoms with Gasteiger partial charge in [-0.25, -0.2) is 4.98 Å². The first-order valence-corrected chi connectivity index (χ1v) is 8.66. The van der Waals surface area contributed by atoms with Crippen LogP contribution in [0.3, 0.4) is 0 Å². The zero-order valence-electron chi connectivity index (χ0n) is 14.2. The molecule has 0 unspecified atom stereocenters. The Morgan fingerprint density at radius 1 is 1.12 bits per heavy atom. The predicted molar refractivity (Wildman–Crippen MR) is 98.1 cm³/mol. The molecule has 6 nitrogen and oxygen atoms in total. The molecule has 0 radical (unpaired) electrons. The summed E-state index contributed by atoms with van der Waals surface area (Å²) in [7, 11) is 0. The zero-order valence-corrected chi connectivity index (χ0v) is 14.2. The van der Waals surface area contributed by atoms with Crippen LogP contribution in [0.5, 0.6) is 5.75 Å². The van der Waals surface area contributed by atoms with Crippen LogP contribution in [-0.4, -0.2) is 40.0 Å². The standard InChI is InChI=1S/C20H19N3O3/c24-19(23-12-15(13-23)26-14-6-2-1-3-7-14)11-10-18-21-17-9-5-4-8-16(17)20(25)22-18/h1-9,15H,10-13H2,(H,21,22,25). The second-order valence-corrected chi connectivity index (χ2v) is 6.38. The molecule has 0 atom stereocenters. The fourth-order valence-corrected chi connectivity index (χ4v) is 3.04. The molecule has 0 saturated carbocycles. The summed E-state index contributed by atoms with van der Waals surface area (Å²) in [5.41, 5.74) is 0.484. The van der Waals surface area contributed by atoms with E-state index in [-0.39, 0.29) is 17.6 Å². The van der Waals surface area contributed by atoms with E-state index in [1.165, 1.54) is 0 Å². The fourth-order valence-electron chi connectivity index (χ4n) is 3.04. The summed E-state index contributed by atoms with van der Waals surface area (Å²) in [5.74, 6) is 1.41. The Bertz CT molecular complexity index is 978. The Labute approximate surface area is 150 Å². The van der Waals surface area contributed by atoms with Crippen molar-refractivity contribution in [2.45, 2.75) is 18.9 Å². The number of nitrogens with one attached hydrogen (secondary N) is 1. The van der Waals surface area contributed by atoms with E-state index >= 15 is 0 Å². The number of hydrogen-bond acceptors (Lipinski definition) is 4. The normalized spacial score (nSPS) is 14.2. The molecule has 0 bridgehead atoms. The van der Waals surface area contributed by atoms with Crippen LogP contribution in [0.4, 0.5) is 0 Å². The Kier molecular flexibility index (Phi) is 4.39. The van der Waals surface area contributed by atoms with E-state index in [2.05, 4.69) is 9.97 Å². The van der Waals surface area contributed by atoms with Gasteiger partial charge < -0.3 is 14.6 Å². The van der Waals surface area contributed by atoms with Gasteiger partial charge in [-0.3, -0.25) is 9.59 Å². The van der Waals surface area contributed by atoms with Crippen LogP contribution in [0.25, 0.3) is 10.9 Å². The second kappa shape index (κ2) is 7.00. The minimum Gasteiger partial charge on any atom is -0.487 e. The molecule has 1 amide bonds. The average molecular weight is 349 g/mol. The number of benzene rings is 2. The van der Waals surface area contributed by atoms with Gasteiger partial charge in [-0.05, 0) is 24.3 Å². The van der Waals surface area contributed by atoms with E-state index in [4.69, 9.17) is 4.74 Å². The van der Waals surface area contributed by atoms with Crippen molar-refractivity contribution in [3.8, 4) is 5.75 Å². The Balaban J connectivity index is 1.30. The Morgan fingerprint density at radius 3 is 2.65 bits per heavy atom. The van der Waals surface area contributed by atoms with Crippen molar-refractivity contribution >= 4 is 16.8 Å². The van der Waals surface area contributed by atoms with Crippen molar-refractivity contribution in [1.29, 1.82) is 0 Å². The number of likely N-dealkylation sites (tertiary alicyclic amines) is 1. The van der Waals surface area contributed by atoms with E-state index < -0.39 is 0 Å². The van der Waals surface area contributed by atoms with Crippen LogP contribution in [0.2, 0.25) is 0 Å². The molecule has 1 aliphatic rings. The summed E-state index contributed by atoms with van der Waals surface area (Å²) < 4.78 is 5.80. The van der Waals surface area contributed by atoms with Crippen LogP contribution < -0.4 is 10.3 Å². The van der Waals surface area contributed by atoms with Crippen molar-refractivity contribution in [3.05, 3.63) is 70.8 Å². The van der Waals surface area contributed by atoms with Crippen molar-refractivity contribution < 1.29 is 9.53 Å². The number of fused-ring (bicyclic) bond motifs is 1. The average Bonchev–Trinajstić information content (AvgIpc) is 2.63. The number of amides is 1. The monoisotopic (exact) mass is 349 g/mol. The molecule has 0 aliphatic carbocycles. The highest BCUT2D eigenvalue weighted by Gasteiger charge is 2.31. The lowest BCUT2D eigenvalue weighted by Crippen LogP contribution is -2.56. The van der Waals surface area contributed by atoms with Crippen molar-refractivity contribution in [3.63, 3.8) is 0 Å². The molecule has 3 aromatic rings. The second-order valence-electron chi connectivity index (χ2n) is 6.38. The van der Waals surface area contributed by atoms with Crippen molar-refractivity contribution in [2.75, 3.05) is 13.1 Å². The number of aryl methyl sites for hydroxylation is 1. The molecule has 1 aromatic heterocycles. The Hall–Kier alpha value is -3.15. The van der Waals surface area contributed by atoms with Crippen molar-refractivity contribution in [1.82, 2.24) is 14.9 Å². The number of aromatic amines is 1. The molecule has 132 valence electrons. The molecule has 2 heterocycles. The van der Waals surface area contributed by atoms with Gasteiger partial charge in [0.15, 0.2) is 0 Å². The number of nitrogens with zero attached hydrogens (tertiary/aromatic N) is 2. The maximum absolute atomic E-state index is 12.3. The quantitative estimate of drug-likeness (QED) is 0.766. The highest BCUT2D eigenvalue weighted by Crippen LogP contribution is 2.18. The van der Waals surface area contributed by atoms with Crippen molar-refractivity contribution in [2.24, 2.45) is 0 Å². The van der Waals surface area contributed by atoms with Gasteiger partial charge in [-0.2, -0.15) is 0 Å².